The van der Waals surface area contributed by atoms with E-state index in [4.69, 9.17) is 14.2 Å². The Balaban J connectivity index is 2.25. The summed E-state index contributed by atoms with van der Waals surface area (Å²) in [6.07, 6.45) is 3.83. The van der Waals surface area contributed by atoms with Crippen LogP contribution in [-0.4, -0.2) is 31.3 Å². The van der Waals surface area contributed by atoms with Gasteiger partial charge in [0, 0.05) is 23.8 Å². The first-order valence-electron chi connectivity index (χ1n) is 7.46. The van der Waals surface area contributed by atoms with Crippen molar-refractivity contribution in [3.05, 3.63) is 64.1 Å². The van der Waals surface area contributed by atoms with E-state index in [1.807, 2.05) is 30.6 Å². The Morgan fingerprint density at radius 2 is 1.46 bits per heavy atom. The van der Waals surface area contributed by atoms with Crippen molar-refractivity contribution in [3.8, 4) is 17.2 Å². The lowest BCUT2D eigenvalue weighted by molar-refractivity contribution is 0.322. The fourth-order valence-electron chi connectivity index (χ4n) is 2.90. The quantitative estimate of drug-likeness (QED) is 0.658. The van der Waals surface area contributed by atoms with Crippen molar-refractivity contribution in [2.24, 2.45) is 0 Å². The van der Waals surface area contributed by atoms with Gasteiger partial charge in [0.15, 0.2) is 11.5 Å². The lowest BCUT2D eigenvalue weighted by Crippen LogP contribution is -2.07. The number of halogens is 1. The third-order valence-electron chi connectivity index (χ3n) is 3.97. The van der Waals surface area contributed by atoms with E-state index < -0.39 is 0 Å². The summed E-state index contributed by atoms with van der Waals surface area (Å²) in [6, 6.07) is 10.0. The second-order valence-electron chi connectivity index (χ2n) is 5.23. The minimum atomic E-state index is -0.0296. The van der Waals surface area contributed by atoms with Gasteiger partial charge in [-0.25, -0.2) is 0 Å². The Kier molecular flexibility index (Phi) is 4.85. The summed E-state index contributed by atoms with van der Waals surface area (Å²) >= 11 is 3.68. The average molecular weight is 391 g/mol. The zero-order chi connectivity index (χ0) is 17.1. The molecule has 3 aromatic rings. The van der Waals surface area contributed by atoms with Gasteiger partial charge >= 0.3 is 0 Å². The second kappa shape index (κ2) is 7.05. The van der Waals surface area contributed by atoms with Crippen molar-refractivity contribution in [1.29, 1.82) is 0 Å². The Hall–Kier alpha value is -2.34. The summed E-state index contributed by atoms with van der Waals surface area (Å²) in [7, 11) is 4.83. The van der Waals surface area contributed by atoms with Gasteiger partial charge in [-0.3, -0.25) is 0 Å². The molecule has 1 aromatic carbocycles. The monoisotopic (exact) mass is 390 g/mol. The van der Waals surface area contributed by atoms with Gasteiger partial charge in [0.2, 0.25) is 5.75 Å². The molecule has 0 radical (unpaired) electrons. The third-order valence-corrected chi connectivity index (χ3v) is 4.79. The molecule has 0 atom stereocenters. The van der Waals surface area contributed by atoms with Crippen LogP contribution in [0.25, 0.3) is 0 Å². The molecule has 0 aliphatic carbocycles. The Bertz CT molecular complexity index is 764. The number of hydrogen-bond donors (Lipinski definition) is 2. The molecule has 3 rings (SSSR count). The molecule has 0 amide bonds. The lowest BCUT2D eigenvalue weighted by atomic mass is 9.92. The molecule has 126 valence electrons. The van der Waals surface area contributed by atoms with Gasteiger partial charge in [-0.2, -0.15) is 0 Å². The highest BCUT2D eigenvalue weighted by atomic mass is 79.9. The Labute approximate surface area is 149 Å². The minimum Gasteiger partial charge on any atom is -0.493 e. The van der Waals surface area contributed by atoms with E-state index >= 15 is 0 Å². The number of rotatable bonds is 6. The maximum absolute atomic E-state index is 5.56. The Morgan fingerprint density at radius 1 is 0.875 bits per heavy atom. The van der Waals surface area contributed by atoms with Crippen molar-refractivity contribution < 1.29 is 14.2 Å². The smallest absolute Gasteiger partial charge is 0.204 e. The normalized spacial score (nSPS) is 10.9. The molecule has 0 unspecified atom stereocenters. The maximum Gasteiger partial charge on any atom is 0.204 e. The topological polar surface area (TPSA) is 59.3 Å². The van der Waals surface area contributed by atoms with Gasteiger partial charge in [-0.05, 0) is 51.8 Å². The predicted octanol–water partition coefficient (Wildman–Crippen LogP) is 4.31. The van der Waals surface area contributed by atoms with Gasteiger partial charge in [0.1, 0.15) is 0 Å². The highest BCUT2D eigenvalue weighted by Gasteiger charge is 2.27. The van der Waals surface area contributed by atoms with E-state index in [1.54, 1.807) is 21.3 Å². The second-order valence-corrected chi connectivity index (χ2v) is 6.03. The van der Waals surface area contributed by atoms with Gasteiger partial charge in [-0.15, -0.1) is 0 Å². The van der Waals surface area contributed by atoms with Crippen LogP contribution in [0.3, 0.4) is 0 Å². The van der Waals surface area contributed by atoms with E-state index in [2.05, 4.69) is 38.0 Å². The summed E-state index contributed by atoms with van der Waals surface area (Å²) < 4.78 is 17.4. The molecule has 0 saturated carbocycles. The highest BCUT2D eigenvalue weighted by Crippen LogP contribution is 2.48. The first-order valence-corrected chi connectivity index (χ1v) is 8.25. The van der Waals surface area contributed by atoms with E-state index in [0.29, 0.717) is 17.2 Å². The minimum absolute atomic E-state index is 0.0296. The van der Waals surface area contributed by atoms with E-state index in [0.717, 1.165) is 21.4 Å². The highest BCUT2D eigenvalue weighted by molar-refractivity contribution is 9.10. The van der Waals surface area contributed by atoms with Gasteiger partial charge in [0.05, 0.1) is 31.7 Å². The molecule has 2 N–H and O–H groups in total. The van der Waals surface area contributed by atoms with Crippen LogP contribution in [0.4, 0.5) is 0 Å². The molecule has 0 fully saturated rings. The first kappa shape index (κ1) is 16.5. The summed E-state index contributed by atoms with van der Waals surface area (Å²) in [6.45, 7) is 0. The molecular formula is C18H19BrN2O3. The van der Waals surface area contributed by atoms with E-state index in [9.17, 15) is 0 Å². The van der Waals surface area contributed by atoms with Crippen molar-refractivity contribution in [2.45, 2.75) is 5.92 Å². The van der Waals surface area contributed by atoms with Crippen LogP contribution in [0.15, 0.2) is 47.2 Å². The predicted molar refractivity (Wildman–Crippen MR) is 96.3 cm³/mol. The molecule has 0 spiro atoms. The largest absolute Gasteiger partial charge is 0.493 e. The first-order chi connectivity index (χ1) is 11.7. The number of hydrogen-bond acceptors (Lipinski definition) is 3. The molecule has 0 saturated heterocycles. The van der Waals surface area contributed by atoms with E-state index in [1.165, 1.54) is 0 Å². The van der Waals surface area contributed by atoms with Crippen molar-refractivity contribution in [3.63, 3.8) is 0 Å². The number of aromatic nitrogens is 2. The van der Waals surface area contributed by atoms with Crippen LogP contribution in [0.5, 0.6) is 17.2 Å². The summed E-state index contributed by atoms with van der Waals surface area (Å²) in [4.78, 5) is 6.60. The fraction of sp³-hybridized carbons (Fsp3) is 0.222. The summed E-state index contributed by atoms with van der Waals surface area (Å²) in [5, 5.41) is 0. The van der Waals surface area contributed by atoms with Crippen molar-refractivity contribution >= 4 is 15.9 Å². The zero-order valence-corrected chi connectivity index (χ0v) is 15.3. The lowest BCUT2D eigenvalue weighted by Gasteiger charge is -2.22. The molecule has 0 bridgehead atoms. The number of nitrogens with one attached hydrogen (secondary N) is 2. The van der Waals surface area contributed by atoms with Crippen molar-refractivity contribution in [2.75, 3.05) is 21.3 Å². The zero-order valence-electron chi connectivity index (χ0n) is 13.7. The van der Waals surface area contributed by atoms with Crippen LogP contribution >= 0.6 is 15.9 Å². The molecule has 5 nitrogen and oxygen atoms in total. The maximum atomic E-state index is 5.56. The molecule has 0 aliphatic heterocycles. The average Bonchev–Trinajstić information content (AvgIpc) is 3.30. The third kappa shape index (κ3) is 2.78. The van der Waals surface area contributed by atoms with Crippen LogP contribution in [0.1, 0.15) is 22.9 Å². The SMILES string of the molecule is COc1cc(C(c2ccc[nH]2)c2ccc[nH]2)c(Br)c(OC)c1OC. The summed E-state index contributed by atoms with van der Waals surface area (Å²) in [5.41, 5.74) is 3.13. The molecule has 0 aliphatic rings. The molecule has 6 heteroatoms. The number of H-pyrrole nitrogens is 2. The molecule has 24 heavy (non-hydrogen) atoms. The van der Waals surface area contributed by atoms with Crippen molar-refractivity contribution in [1.82, 2.24) is 9.97 Å². The van der Waals surface area contributed by atoms with E-state index in [-0.39, 0.29) is 5.92 Å². The van der Waals surface area contributed by atoms with Gasteiger partial charge in [-0.1, -0.05) is 0 Å². The van der Waals surface area contributed by atoms with Crippen LogP contribution in [0.2, 0.25) is 0 Å². The van der Waals surface area contributed by atoms with Gasteiger partial charge < -0.3 is 24.2 Å². The molecule has 2 aromatic heterocycles. The number of benzene rings is 1. The Morgan fingerprint density at radius 3 is 1.88 bits per heavy atom. The van der Waals surface area contributed by atoms with Crippen LogP contribution in [-0.2, 0) is 0 Å². The number of methoxy groups -OCH3 is 3. The van der Waals surface area contributed by atoms with Crippen LogP contribution in [0, 0.1) is 0 Å². The number of aromatic amines is 2. The van der Waals surface area contributed by atoms with Crippen LogP contribution < -0.4 is 14.2 Å². The summed E-state index contributed by atoms with van der Waals surface area (Å²) in [5.74, 6) is 1.76. The standard InChI is InChI=1S/C18H19BrN2O3/c1-22-14-10-11(16(19)18(24-3)17(14)23-2)15(12-6-4-8-20-12)13-7-5-9-21-13/h4-10,15,20-21H,1-3H3. The molecule has 2 heterocycles. The van der Waals surface area contributed by atoms with Gasteiger partial charge in [0.25, 0.3) is 0 Å². The number of ether oxygens (including phenoxy) is 3. The fourth-order valence-corrected chi connectivity index (χ4v) is 3.59. The molecular weight excluding hydrogens is 372 g/mol.